The number of thiophene rings is 1. The molecule has 0 aliphatic carbocycles. The Kier molecular flexibility index (Phi) is 7.75. The molecule has 0 saturated heterocycles. The standard InChI is InChI=1S/C16H17Cl2NO6S2/c1-24-6-2-3-7-25-16(21)11-5-4-10(8-13(11)20)19-27(22,23)14-9-12(17)15(18)26-14/h4-5,8-9,19-20H,2-3,6-7H2,1H3. The summed E-state index contributed by atoms with van der Waals surface area (Å²) in [6.07, 6.45) is 1.37. The average molecular weight is 454 g/mol. The highest BCUT2D eigenvalue weighted by Gasteiger charge is 2.21. The fraction of sp³-hybridized carbons (Fsp3) is 0.312. The van der Waals surface area contributed by atoms with Gasteiger partial charge in [-0.25, -0.2) is 13.2 Å². The van der Waals surface area contributed by atoms with Gasteiger partial charge in [-0.15, -0.1) is 11.3 Å². The van der Waals surface area contributed by atoms with E-state index in [0.29, 0.717) is 13.0 Å². The molecule has 0 amide bonds. The molecule has 0 saturated carbocycles. The maximum atomic E-state index is 12.3. The highest BCUT2D eigenvalue weighted by molar-refractivity contribution is 7.94. The van der Waals surface area contributed by atoms with Crippen LogP contribution < -0.4 is 4.72 Å². The van der Waals surface area contributed by atoms with Gasteiger partial charge in [0.1, 0.15) is 19.9 Å². The van der Waals surface area contributed by atoms with Gasteiger partial charge in [-0.3, -0.25) is 4.72 Å². The van der Waals surface area contributed by atoms with Gasteiger partial charge in [-0.2, -0.15) is 0 Å². The first-order chi connectivity index (χ1) is 12.7. The van der Waals surface area contributed by atoms with Crippen molar-refractivity contribution in [2.75, 3.05) is 25.0 Å². The number of carbonyl (C=O) groups excluding carboxylic acids is 1. The van der Waals surface area contributed by atoms with E-state index in [2.05, 4.69) is 4.72 Å². The zero-order chi connectivity index (χ0) is 20.0. The molecule has 0 bridgehead atoms. The largest absolute Gasteiger partial charge is 0.507 e. The fourth-order valence-electron chi connectivity index (χ4n) is 2.02. The molecule has 27 heavy (non-hydrogen) atoms. The van der Waals surface area contributed by atoms with Gasteiger partial charge in [-0.05, 0) is 31.0 Å². The normalized spacial score (nSPS) is 11.4. The molecule has 1 heterocycles. The zero-order valence-corrected chi connectivity index (χ0v) is 17.3. The summed E-state index contributed by atoms with van der Waals surface area (Å²) in [5.41, 5.74) is 0.0108. The first-order valence-corrected chi connectivity index (χ1v) is 10.8. The van der Waals surface area contributed by atoms with E-state index in [1.807, 2.05) is 0 Å². The van der Waals surface area contributed by atoms with E-state index in [-0.39, 0.29) is 31.4 Å². The average Bonchev–Trinajstić information content (AvgIpc) is 2.94. The van der Waals surface area contributed by atoms with Crippen LogP contribution >= 0.6 is 34.5 Å². The lowest BCUT2D eigenvalue weighted by molar-refractivity contribution is 0.0486. The van der Waals surface area contributed by atoms with Gasteiger partial charge in [-0.1, -0.05) is 23.2 Å². The van der Waals surface area contributed by atoms with Gasteiger partial charge < -0.3 is 14.6 Å². The van der Waals surface area contributed by atoms with Crippen molar-refractivity contribution in [1.29, 1.82) is 0 Å². The Labute approximate surface area is 170 Å². The van der Waals surface area contributed by atoms with Crippen LogP contribution in [0.25, 0.3) is 0 Å². The molecule has 0 fully saturated rings. The highest BCUT2D eigenvalue weighted by atomic mass is 35.5. The number of nitrogens with one attached hydrogen (secondary N) is 1. The summed E-state index contributed by atoms with van der Waals surface area (Å²) in [7, 11) is -2.34. The van der Waals surface area contributed by atoms with Crippen LogP contribution in [0.5, 0.6) is 5.75 Å². The maximum absolute atomic E-state index is 12.3. The quantitative estimate of drug-likeness (QED) is 0.436. The topological polar surface area (TPSA) is 102 Å². The number of ether oxygens (including phenoxy) is 2. The summed E-state index contributed by atoms with van der Waals surface area (Å²) < 4.78 is 37.0. The van der Waals surface area contributed by atoms with Gasteiger partial charge in [0, 0.05) is 19.8 Å². The number of hydrogen-bond donors (Lipinski definition) is 2. The van der Waals surface area contributed by atoms with Gasteiger partial charge >= 0.3 is 5.97 Å². The van der Waals surface area contributed by atoms with Crippen LogP contribution in [-0.4, -0.2) is 39.8 Å². The van der Waals surface area contributed by atoms with E-state index in [1.54, 1.807) is 7.11 Å². The molecular weight excluding hydrogens is 437 g/mol. The Morgan fingerprint density at radius 1 is 1.22 bits per heavy atom. The molecule has 0 atom stereocenters. The molecule has 1 aromatic carbocycles. The second kappa shape index (κ2) is 9.61. The Balaban J connectivity index is 2.04. The highest BCUT2D eigenvalue weighted by Crippen LogP contribution is 2.35. The lowest BCUT2D eigenvalue weighted by Crippen LogP contribution is -2.12. The molecule has 0 radical (unpaired) electrons. The minimum absolute atomic E-state index is 0.0631. The van der Waals surface area contributed by atoms with Crippen LogP contribution in [0.2, 0.25) is 9.36 Å². The number of phenols is 1. The van der Waals surface area contributed by atoms with Crippen molar-refractivity contribution < 1.29 is 27.8 Å². The van der Waals surface area contributed by atoms with Crippen LogP contribution in [0.1, 0.15) is 23.2 Å². The molecule has 2 rings (SSSR count). The van der Waals surface area contributed by atoms with E-state index in [9.17, 15) is 18.3 Å². The molecular formula is C16H17Cl2NO6S2. The SMILES string of the molecule is COCCCCOC(=O)c1ccc(NS(=O)(=O)c2cc(Cl)c(Cl)s2)cc1O. The second-order valence-corrected chi connectivity index (χ2v) is 9.33. The van der Waals surface area contributed by atoms with E-state index >= 15 is 0 Å². The number of aromatic hydroxyl groups is 1. The monoisotopic (exact) mass is 453 g/mol. The van der Waals surface area contributed by atoms with Crippen molar-refractivity contribution >= 4 is 56.2 Å². The number of anilines is 1. The number of rotatable bonds is 9. The minimum atomic E-state index is -3.93. The molecule has 0 spiro atoms. The number of halogens is 2. The van der Waals surface area contributed by atoms with Crippen LogP contribution in [0.3, 0.4) is 0 Å². The van der Waals surface area contributed by atoms with Gasteiger partial charge in [0.05, 0.1) is 17.3 Å². The summed E-state index contributed by atoms with van der Waals surface area (Å²) in [5, 5.41) is 10.2. The van der Waals surface area contributed by atoms with Crippen molar-refractivity contribution in [2.45, 2.75) is 17.1 Å². The number of sulfonamides is 1. The Hall–Kier alpha value is -1.52. The number of carbonyl (C=O) groups is 1. The molecule has 2 N–H and O–H groups in total. The van der Waals surface area contributed by atoms with E-state index in [4.69, 9.17) is 32.7 Å². The summed E-state index contributed by atoms with van der Waals surface area (Å²) in [6.45, 7) is 0.758. The molecule has 148 valence electrons. The third kappa shape index (κ3) is 5.98. The number of benzene rings is 1. The molecule has 1 aromatic heterocycles. The van der Waals surface area contributed by atoms with Crippen LogP contribution in [0.4, 0.5) is 5.69 Å². The minimum Gasteiger partial charge on any atom is -0.507 e. The molecule has 7 nitrogen and oxygen atoms in total. The van der Waals surface area contributed by atoms with E-state index in [0.717, 1.165) is 23.8 Å². The first-order valence-electron chi connectivity index (χ1n) is 7.71. The number of esters is 1. The van der Waals surface area contributed by atoms with Crippen molar-refractivity contribution in [1.82, 2.24) is 0 Å². The predicted octanol–water partition coefficient (Wildman–Crippen LogP) is 4.14. The van der Waals surface area contributed by atoms with E-state index < -0.39 is 21.7 Å². The number of hydrogen-bond acceptors (Lipinski definition) is 7. The first kappa shape index (κ1) is 21.8. The van der Waals surface area contributed by atoms with Crippen LogP contribution in [0.15, 0.2) is 28.5 Å². The lowest BCUT2D eigenvalue weighted by Gasteiger charge is -2.09. The summed E-state index contributed by atoms with van der Waals surface area (Å²) >= 11 is 12.4. The molecule has 0 unspecified atom stereocenters. The third-order valence-electron chi connectivity index (χ3n) is 3.33. The lowest BCUT2D eigenvalue weighted by atomic mass is 10.2. The maximum Gasteiger partial charge on any atom is 0.341 e. The second-order valence-electron chi connectivity index (χ2n) is 5.36. The Morgan fingerprint density at radius 3 is 2.52 bits per heavy atom. The zero-order valence-electron chi connectivity index (χ0n) is 14.2. The molecule has 11 heteroatoms. The summed E-state index contributed by atoms with van der Waals surface area (Å²) in [4.78, 5) is 12.0. The van der Waals surface area contributed by atoms with Crippen LogP contribution in [-0.2, 0) is 19.5 Å². The van der Waals surface area contributed by atoms with Gasteiger partial charge in [0.25, 0.3) is 10.0 Å². The number of methoxy groups -OCH3 is 1. The molecule has 2 aromatic rings. The van der Waals surface area contributed by atoms with Crippen molar-refractivity contribution in [3.63, 3.8) is 0 Å². The van der Waals surface area contributed by atoms with Gasteiger partial charge in [0.2, 0.25) is 0 Å². The van der Waals surface area contributed by atoms with Gasteiger partial charge in [0.15, 0.2) is 0 Å². The Morgan fingerprint density at radius 2 is 1.93 bits per heavy atom. The molecule has 0 aliphatic rings. The predicted molar refractivity (Wildman–Crippen MR) is 105 cm³/mol. The fourth-order valence-corrected chi connectivity index (χ4v) is 4.95. The van der Waals surface area contributed by atoms with Crippen LogP contribution in [0, 0.1) is 0 Å². The van der Waals surface area contributed by atoms with Crippen molar-refractivity contribution in [3.8, 4) is 5.75 Å². The summed E-state index contributed by atoms with van der Waals surface area (Å²) in [5.74, 6) is -1.10. The summed E-state index contributed by atoms with van der Waals surface area (Å²) in [6, 6.07) is 4.97. The Bertz CT molecular complexity index is 894. The number of phenolic OH excluding ortho intramolecular Hbond substituents is 1. The van der Waals surface area contributed by atoms with Crippen molar-refractivity contribution in [2.24, 2.45) is 0 Å². The smallest absolute Gasteiger partial charge is 0.341 e. The molecule has 0 aliphatic heterocycles. The van der Waals surface area contributed by atoms with E-state index in [1.165, 1.54) is 18.2 Å². The van der Waals surface area contributed by atoms with Crippen molar-refractivity contribution in [3.05, 3.63) is 39.2 Å². The third-order valence-corrected chi connectivity index (χ3v) is 7.05. The number of unbranched alkanes of at least 4 members (excludes halogenated alkanes) is 1.